The van der Waals surface area contributed by atoms with E-state index in [2.05, 4.69) is 12.2 Å². The van der Waals surface area contributed by atoms with Gasteiger partial charge < -0.3 is 14.8 Å². The number of esters is 1. The van der Waals surface area contributed by atoms with E-state index in [1.165, 1.54) is 16.2 Å². The Hall–Kier alpha value is -2.34. The van der Waals surface area contributed by atoms with Gasteiger partial charge in [0.1, 0.15) is 10.8 Å². The van der Waals surface area contributed by atoms with Gasteiger partial charge >= 0.3 is 5.97 Å². The molecule has 1 heterocycles. The van der Waals surface area contributed by atoms with Crippen molar-refractivity contribution in [3.63, 3.8) is 0 Å². The van der Waals surface area contributed by atoms with E-state index in [-0.39, 0.29) is 24.6 Å². The number of hydrogen-bond acceptors (Lipinski definition) is 5. The van der Waals surface area contributed by atoms with Gasteiger partial charge in [0, 0.05) is 4.88 Å². The van der Waals surface area contributed by atoms with Crippen LogP contribution in [0.25, 0.3) is 0 Å². The summed E-state index contributed by atoms with van der Waals surface area (Å²) in [6.45, 7) is 7.72. The minimum Gasteiger partial charge on any atom is -0.484 e. The Kier molecular flexibility index (Phi) is 6.96. The Morgan fingerprint density at radius 1 is 1.31 bits per heavy atom. The first-order valence-electron chi connectivity index (χ1n) is 10.2. The molecule has 1 aliphatic rings. The number of thiophene rings is 1. The fraction of sp³-hybridized carbons (Fsp3) is 0.478. The SMILES string of the molecule is CCC1CCc2c(sc(NC(=O)COc3cccc(C)c3)c2C(=O)OC(C)C)C1. The minimum absolute atomic E-state index is 0.109. The second kappa shape index (κ2) is 9.44. The molecule has 2 aromatic rings. The van der Waals surface area contributed by atoms with Gasteiger partial charge in [-0.25, -0.2) is 4.79 Å². The zero-order valence-electron chi connectivity index (χ0n) is 17.5. The normalized spacial score (nSPS) is 15.7. The number of amides is 1. The molecule has 5 nitrogen and oxygen atoms in total. The third-order valence-electron chi connectivity index (χ3n) is 5.10. The van der Waals surface area contributed by atoms with E-state index in [4.69, 9.17) is 9.47 Å². The maximum Gasteiger partial charge on any atom is 0.341 e. The van der Waals surface area contributed by atoms with Gasteiger partial charge in [0.25, 0.3) is 5.91 Å². The molecule has 0 aliphatic heterocycles. The van der Waals surface area contributed by atoms with Crippen LogP contribution >= 0.6 is 11.3 Å². The summed E-state index contributed by atoms with van der Waals surface area (Å²) >= 11 is 1.50. The summed E-state index contributed by atoms with van der Waals surface area (Å²) in [5.74, 6) is 0.636. The van der Waals surface area contributed by atoms with Crippen LogP contribution in [-0.4, -0.2) is 24.6 Å². The topological polar surface area (TPSA) is 64.6 Å². The molecular weight excluding hydrogens is 386 g/mol. The average molecular weight is 416 g/mol. The van der Waals surface area contributed by atoms with Crippen LogP contribution in [0.1, 0.15) is 60.0 Å². The lowest BCUT2D eigenvalue weighted by atomic mass is 9.85. The minimum atomic E-state index is -0.359. The molecular formula is C23H29NO4S. The summed E-state index contributed by atoms with van der Waals surface area (Å²) < 4.78 is 11.1. The molecule has 0 saturated carbocycles. The molecule has 0 saturated heterocycles. The third kappa shape index (κ3) is 5.38. The van der Waals surface area contributed by atoms with Gasteiger partial charge in [0.15, 0.2) is 6.61 Å². The number of rotatable bonds is 7. The number of nitrogens with one attached hydrogen (secondary N) is 1. The van der Waals surface area contributed by atoms with Crippen molar-refractivity contribution in [3.8, 4) is 5.75 Å². The molecule has 1 aromatic heterocycles. The maximum absolute atomic E-state index is 12.8. The van der Waals surface area contributed by atoms with Crippen molar-refractivity contribution in [2.75, 3.05) is 11.9 Å². The number of anilines is 1. The standard InChI is InChI=1S/C23H29NO4S/c1-5-16-9-10-18-19(12-16)29-22(21(18)23(26)28-14(2)3)24-20(25)13-27-17-8-6-7-15(4)11-17/h6-8,11,14,16H,5,9-10,12-13H2,1-4H3,(H,24,25). The van der Waals surface area contributed by atoms with Crippen LogP contribution in [0, 0.1) is 12.8 Å². The monoisotopic (exact) mass is 415 g/mol. The highest BCUT2D eigenvalue weighted by molar-refractivity contribution is 7.17. The van der Waals surface area contributed by atoms with Gasteiger partial charge in [0.05, 0.1) is 11.7 Å². The van der Waals surface area contributed by atoms with Crippen molar-refractivity contribution in [1.82, 2.24) is 0 Å². The van der Waals surface area contributed by atoms with Crippen LogP contribution in [0.2, 0.25) is 0 Å². The summed E-state index contributed by atoms with van der Waals surface area (Å²) in [6.07, 6.45) is 3.77. The molecule has 0 bridgehead atoms. The fourth-order valence-corrected chi connectivity index (χ4v) is 4.96. The van der Waals surface area contributed by atoms with Crippen molar-refractivity contribution in [2.45, 2.75) is 59.5 Å². The van der Waals surface area contributed by atoms with Crippen molar-refractivity contribution in [1.29, 1.82) is 0 Å². The van der Waals surface area contributed by atoms with Gasteiger partial charge in [-0.05, 0) is 69.2 Å². The zero-order chi connectivity index (χ0) is 21.0. The first kappa shape index (κ1) is 21.4. The van der Waals surface area contributed by atoms with E-state index < -0.39 is 0 Å². The Balaban J connectivity index is 1.77. The van der Waals surface area contributed by atoms with Crippen LogP contribution in [0.5, 0.6) is 5.75 Å². The predicted octanol–water partition coefficient (Wildman–Crippen LogP) is 5.15. The average Bonchev–Trinajstić information content (AvgIpc) is 3.02. The van der Waals surface area contributed by atoms with Crippen molar-refractivity contribution < 1.29 is 19.1 Å². The number of ether oxygens (including phenoxy) is 2. The number of carbonyl (C=O) groups excluding carboxylic acids is 2. The number of carbonyl (C=O) groups is 2. The smallest absolute Gasteiger partial charge is 0.341 e. The Morgan fingerprint density at radius 2 is 2.10 bits per heavy atom. The van der Waals surface area contributed by atoms with E-state index in [1.54, 1.807) is 0 Å². The summed E-state index contributed by atoms with van der Waals surface area (Å²) in [5, 5.41) is 3.47. The first-order valence-corrected chi connectivity index (χ1v) is 11.0. The van der Waals surface area contributed by atoms with Gasteiger partial charge in [-0.3, -0.25) is 4.79 Å². The van der Waals surface area contributed by atoms with Crippen LogP contribution in [0.3, 0.4) is 0 Å². The molecule has 1 atom stereocenters. The molecule has 1 amide bonds. The number of fused-ring (bicyclic) bond motifs is 1. The molecule has 6 heteroatoms. The highest BCUT2D eigenvalue weighted by Crippen LogP contribution is 2.41. The summed E-state index contributed by atoms with van der Waals surface area (Å²) in [4.78, 5) is 26.5. The molecule has 1 aromatic carbocycles. The number of hydrogen-bond donors (Lipinski definition) is 1. The van der Waals surface area contributed by atoms with Gasteiger partial charge in [-0.2, -0.15) is 0 Å². The third-order valence-corrected chi connectivity index (χ3v) is 6.27. The largest absolute Gasteiger partial charge is 0.484 e. The summed E-state index contributed by atoms with van der Waals surface area (Å²) in [6, 6.07) is 7.56. The molecule has 0 fully saturated rings. The Labute approximate surface area is 176 Å². The Morgan fingerprint density at radius 3 is 2.79 bits per heavy atom. The molecule has 1 N–H and O–H groups in total. The first-order chi connectivity index (χ1) is 13.9. The summed E-state index contributed by atoms with van der Waals surface area (Å²) in [5.41, 5.74) is 2.63. The Bertz CT molecular complexity index is 887. The highest BCUT2D eigenvalue weighted by Gasteiger charge is 2.30. The molecule has 1 aliphatic carbocycles. The lowest BCUT2D eigenvalue weighted by Gasteiger charge is -2.21. The maximum atomic E-state index is 12.8. The van der Waals surface area contributed by atoms with Crippen LogP contribution in [0.15, 0.2) is 24.3 Å². The van der Waals surface area contributed by atoms with Crippen molar-refractivity contribution >= 4 is 28.2 Å². The van der Waals surface area contributed by atoms with E-state index in [9.17, 15) is 9.59 Å². The van der Waals surface area contributed by atoms with Gasteiger partial charge in [-0.15, -0.1) is 11.3 Å². The van der Waals surface area contributed by atoms with Crippen LogP contribution in [-0.2, 0) is 22.4 Å². The second-order valence-electron chi connectivity index (χ2n) is 7.83. The van der Waals surface area contributed by atoms with Gasteiger partial charge in [0.2, 0.25) is 0 Å². The summed E-state index contributed by atoms with van der Waals surface area (Å²) in [7, 11) is 0. The van der Waals surface area contributed by atoms with E-state index >= 15 is 0 Å². The van der Waals surface area contributed by atoms with Gasteiger partial charge in [-0.1, -0.05) is 25.5 Å². The predicted molar refractivity (Wildman–Crippen MR) is 116 cm³/mol. The van der Waals surface area contributed by atoms with Crippen molar-refractivity contribution in [2.24, 2.45) is 5.92 Å². The molecule has 3 rings (SSSR count). The molecule has 156 valence electrons. The molecule has 0 spiro atoms. The highest BCUT2D eigenvalue weighted by atomic mass is 32.1. The lowest BCUT2D eigenvalue weighted by Crippen LogP contribution is -2.22. The quantitative estimate of drug-likeness (QED) is 0.635. The number of aryl methyl sites for hydroxylation is 1. The van der Waals surface area contributed by atoms with Crippen LogP contribution < -0.4 is 10.1 Å². The molecule has 29 heavy (non-hydrogen) atoms. The molecule has 0 radical (unpaired) electrons. The fourth-order valence-electron chi connectivity index (χ4n) is 3.60. The zero-order valence-corrected chi connectivity index (χ0v) is 18.4. The number of benzene rings is 1. The second-order valence-corrected chi connectivity index (χ2v) is 8.94. The lowest BCUT2D eigenvalue weighted by molar-refractivity contribution is -0.118. The van der Waals surface area contributed by atoms with E-state index in [1.807, 2.05) is 45.0 Å². The van der Waals surface area contributed by atoms with E-state index in [0.717, 1.165) is 36.8 Å². The van der Waals surface area contributed by atoms with Crippen molar-refractivity contribution in [3.05, 3.63) is 45.8 Å². The molecule has 1 unspecified atom stereocenters. The van der Waals surface area contributed by atoms with E-state index in [0.29, 0.717) is 22.2 Å². The van der Waals surface area contributed by atoms with Crippen LogP contribution in [0.4, 0.5) is 5.00 Å².